The summed E-state index contributed by atoms with van der Waals surface area (Å²) in [5.74, 6) is 1.13. The van der Waals surface area contributed by atoms with Gasteiger partial charge in [-0.25, -0.2) is 4.68 Å². The van der Waals surface area contributed by atoms with Gasteiger partial charge < -0.3 is 0 Å². The second-order valence-corrected chi connectivity index (χ2v) is 9.59. The van der Waals surface area contributed by atoms with E-state index in [4.69, 9.17) is 0 Å². The standard InChI is InChI=1S/C23H30N2O/c1-22(2)18-13-14-23(22,3)20-19(18)21(26)25(17-11-5-4-6-12-17)24(20)15-16-9-7-8-10-16/h4-6,11-12,16,18H,7-10,13-15H2,1-3H3/t18-,23+/m1/s1. The van der Waals surface area contributed by atoms with Crippen molar-refractivity contribution in [1.29, 1.82) is 0 Å². The van der Waals surface area contributed by atoms with Crippen LogP contribution in [-0.2, 0) is 12.0 Å². The van der Waals surface area contributed by atoms with Crippen molar-refractivity contribution in [3.05, 3.63) is 51.9 Å². The van der Waals surface area contributed by atoms with Crippen LogP contribution in [0.1, 0.15) is 76.5 Å². The van der Waals surface area contributed by atoms with Gasteiger partial charge in [0.15, 0.2) is 0 Å². The van der Waals surface area contributed by atoms with Gasteiger partial charge in [0.05, 0.1) is 11.4 Å². The topological polar surface area (TPSA) is 26.9 Å². The summed E-state index contributed by atoms with van der Waals surface area (Å²) in [5, 5.41) is 0. The van der Waals surface area contributed by atoms with Crippen LogP contribution in [0.3, 0.4) is 0 Å². The first-order valence-corrected chi connectivity index (χ1v) is 10.4. The van der Waals surface area contributed by atoms with Crippen molar-refractivity contribution in [3.8, 4) is 5.69 Å². The van der Waals surface area contributed by atoms with E-state index in [2.05, 4.69) is 37.6 Å². The van der Waals surface area contributed by atoms with Gasteiger partial charge in [-0.15, -0.1) is 0 Å². The lowest BCUT2D eigenvalue weighted by atomic mass is 9.70. The summed E-state index contributed by atoms with van der Waals surface area (Å²) in [6.07, 6.45) is 7.66. The Bertz CT molecular complexity index is 898. The first kappa shape index (κ1) is 16.4. The lowest BCUT2D eigenvalue weighted by molar-refractivity contribution is 0.211. The van der Waals surface area contributed by atoms with Gasteiger partial charge in [0, 0.05) is 17.5 Å². The van der Waals surface area contributed by atoms with Gasteiger partial charge >= 0.3 is 0 Å². The van der Waals surface area contributed by atoms with E-state index >= 15 is 0 Å². The molecule has 5 rings (SSSR count). The number of benzene rings is 1. The molecule has 0 radical (unpaired) electrons. The van der Waals surface area contributed by atoms with Gasteiger partial charge in [-0.05, 0) is 55.1 Å². The van der Waals surface area contributed by atoms with E-state index in [1.165, 1.54) is 37.8 Å². The molecule has 0 aliphatic heterocycles. The minimum absolute atomic E-state index is 0.116. The Morgan fingerprint density at radius 1 is 1.04 bits per heavy atom. The molecule has 138 valence electrons. The number of aromatic nitrogens is 2. The van der Waals surface area contributed by atoms with Gasteiger partial charge in [-0.1, -0.05) is 51.8 Å². The molecule has 1 aromatic heterocycles. The summed E-state index contributed by atoms with van der Waals surface area (Å²) in [6.45, 7) is 8.18. The molecular weight excluding hydrogens is 320 g/mol. The molecule has 0 spiro atoms. The van der Waals surface area contributed by atoms with Crippen molar-refractivity contribution >= 4 is 0 Å². The first-order chi connectivity index (χ1) is 12.4. The van der Waals surface area contributed by atoms with Crippen LogP contribution in [0.4, 0.5) is 0 Å². The molecule has 0 unspecified atom stereocenters. The average Bonchev–Trinajstić information content (AvgIpc) is 3.32. The lowest BCUT2D eigenvalue weighted by Gasteiger charge is -2.37. The Kier molecular flexibility index (Phi) is 3.39. The van der Waals surface area contributed by atoms with Crippen LogP contribution < -0.4 is 5.56 Å². The highest BCUT2D eigenvalue weighted by molar-refractivity contribution is 5.47. The summed E-state index contributed by atoms with van der Waals surface area (Å²) >= 11 is 0. The van der Waals surface area contributed by atoms with Crippen molar-refractivity contribution in [2.24, 2.45) is 11.3 Å². The highest BCUT2D eigenvalue weighted by atomic mass is 16.1. The van der Waals surface area contributed by atoms with Crippen molar-refractivity contribution in [2.75, 3.05) is 0 Å². The molecule has 3 aliphatic rings. The highest BCUT2D eigenvalue weighted by Gasteiger charge is 2.62. The summed E-state index contributed by atoms with van der Waals surface area (Å²) in [4.78, 5) is 13.6. The molecule has 0 saturated heterocycles. The maximum Gasteiger partial charge on any atom is 0.275 e. The third-order valence-corrected chi connectivity index (χ3v) is 8.18. The Hall–Kier alpha value is -1.77. The van der Waals surface area contributed by atoms with E-state index in [-0.39, 0.29) is 16.4 Å². The molecule has 1 aromatic carbocycles. The normalized spacial score (nSPS) is 29.4. The Balaban J connectivity index is 1.76. The monoisotopic (exact) mass is 350 g/mol. The second-order valence-electron chi connectivity index (χ2n) is 9.59. The number of rotatable bonds is 3. The summed E-state index contributed by atoms with van der Waals surface area (Å²) in [6, 6.07) is 10.3. The fourth-order valence-electron chi connectivity index (χ4n) is 6.33. The predicted octanol–water partition coefficient (Wildman–Crippen LogP) is 5.00. The molecule has 2 atom stereocenters. The summed E-state index contributed by atoms with van der Waals surface area (Å²) in [7, 11) is 0. The van der Waals surface area contributed by atoms with Crippen LogP contribution in [0.15, 0.2) is 35.1 Å². The highest BCUT2D eigenvalue weighted by Crippen LogP contribution is 2.67. The summed E-state index contributed by atoms with van der Waals surface area (Å²) in [5.41, 5.74) is 4.05. The molecule has 2 bridgehead atoms. The molecule has 3 nitrogen and oxygen atoms in total. The first-order valence-electron chi connectivity index (χ1n) is 10.4. The van der Waals surface area contributed by atoms with E-state index in [1.807, 2.05) is 22.9 Å². The quantitative estimate of drug-likeness (QED) is 0.765. The van der Waals surface area contributed by atoms with Gasteiger partial charge in [-0.2, -0.15) is 0 Å². The largest absolute Gasteiger partial charge is 0.281 e. The molecule has 3 aliphatic carbocycles. The Morgan fingerprint density at radius 3 is 2.42 bits per heavy atom. The summed E-state index contributed by atoms with van der Waals surface area (Å²) < 4.78 is 4.42. The van der Waals surface area contributed by atoms with Gasteiger partial charge in [-0.3, -0.25) is 9.48 Å². The van der Waals surface area contributed by atoms with E-state index < -0.39 is 0 Å². The number of nitrogens with zero attached hydrogens (tertiary/aromatic N) is 2. The molecular formula is C23H30N2O. The zero-order chi connectivity index (χ0) is 18.1. The molecule has 0 amide bonds. The van der Waals surface area contributed by atoms with Crippen LogP contribution in [0.25, 0.3) is 5.69 Å². The lowest BCUT2D eigenvalue weighted by Crippen LogP contribution is -2.36. The average molecular weight is 351 g/mol. The van der Waals surface area contributed by atoms with Gasteiger partial charge in [0.1, 0.15) is 0 Å². The third-order valence-electron chi connectivity index (χ3n) is 8.18. The Labute approximate surface area is 156 Å². The number of hydrogen-bond acceptors (Lipinski definition) is 1. The molecule has 2 aromatic rings. The van der Waals surface area contributed by atoms with Crippen LogP contribution >= 0.6 is 0 Å². The van der Waals surface area contributed by atoms with Crippen molar-refractivity contribution in [2.45, 2.75) is 77.2 Å². The molecule has 1 heterocycles. The van der Waals surface area contributed by atoms with Crippen LogP contribution in [0.5, 0.6) is 0 Å². The zero-order valence-electron chi connectivity index (χ0n) is 16.3. The SMILES string of the molecule is CC1(C)[C@@H]2CC[C@@]1(C)c1c2c(=O)n(-c2ccccc2)n1CC1CCCC1. The van der Waals surface area contributed by atoms with E-state index in [9.17, 15) is 4.79 Å². The second kappa shape index (κ2) is 5.37. The maximum atomic E-state index is 13.6. The minimum atomic E-state index is 0.116. The Morgan fingerprint density at radius 2 is 1.73 bits per heavy atom. The van der Waals surface area contributed by atoms with E-state index in [1.54, 1.807) is 0 Å². The van der Waals surface area contributed by atoms with E-state index in [0.29, 0.717) is 11.8 Å². The van der Waals surface area contributed by atoms with Gasteiger partial charge in [0.2, 0.25) is 0 Å². The van der Waals surface area contributed by atoms with E-state index in [0.717, 1.165) is 24.2 Å². The number of hydrogen-bond donors (Lipinski definition) is 0. The molecule has 26 heavy (non-hydrogen) atoms. The van der Waals surface area contributed by atoms with Gasteiger partial charge in [0.25, 0.3) is 5.56 Å². The molecule has 2 fully saturated rings. The maximum absolute atomic E-state index is 13.6. The minimum Gasteiger partial charge on any atom is -0.281 e. The zero-order valence-corrected chi connectivity index (χ0v) is 16.3. The smallest absolute Gasteiger partial charge is 0.275 e. The third kappa shape index (κ3) is 1.92. The number of para-hydroxylation sites is 1. The molecule has 0 N–H and O–H groups in total. The van der Waals surface area contributed by atoms with Crippen LogP contribution in [0, 0.1) is 11.3 Å². The molecule has 2 saturated carbocycles. The van der Waals surface area contributed by atoms with Crippen LogP contribution in [-0.4, -0.2) is 9.36 Å². The van der Waals surface area contributed by atoms with Crippen LogP contribution in [0.2, 0.25) is 0 Å². The predicted molar refractivity (Wildman–Crippen MR) is 105 cm³/mol. The molecule has 3 heteroatoms. The van der Waals surface area contributed by atoms with Crippen molar-refractivity contribution in [3.63, 3.8) is 0 Å². The fourth-order valence-corrected chi connectivity index (χ4v) is 6.33. The fraction of sp³-hybridized carbons (Fsp3) is 0.609. The van der Waals surface area contributed by atoms with Crippen molar-refractivity contribution in [1.82, 2.24) is 9.36 Å². The van der Waals surface area contributed by atoms with Crippen molar-refractivity contribution < 1.29 is 0 Å². The number of fused-ring (bicyclic) bond motifs is 5.